The van der Waals surface area contributed by atoms with E-state index in [-0.39, 0.29) is 0 Å². The van der Waals surface area contributed by atoms with Crippen LogP contribution >= 0.6 is 0 Å². The van der Waals surface area contributed by atoms with E-state index >= 15 is 0 Å². The molecule has 1 saturated carbocycles. The molecular formula is C11H21NO. The molecule has 2 aliphatic rings. The van der Waals surface area contributed by atoms with Crippen molar-refractivity contribution in [2.24, 2.45) is 11.8 Å². The second-order valence-electron chi connectivity index (χ2n) is 4.43. The summed E-state index contributed by atoms with van der Waals surface area (Å²) in [6.45, 7) is 5.55. The maximum atomic E-state index is 5.78. The van der Waals surface area contributed by atoms with Gasteiger partial charge in [-0.2, -0.15) is 0 Å². The molecule has 0 aromatic heterocycles. The van der Waals surface area contributed by atoms with Crippen LogP contribution in [-0.4, -0.2) is 25.8 Å². The fraction of sp³-hybridized carbons (Fsp3) is 1.00. The zero-order valence-electron chi connectivity index (χ0n) is 8.59. The molecule has 1 N–H and O–H groups in total. The molecule has 2 atom stereocenters. The molecule has 2 fully saturated rings. The SMILES string of the molecule is CCCNCC1CCOC1C1CC1. The van der Waals surface area contributed by atoms with Gasteiger partial charge in [0.25, 0.3) is 0 Å². The molecular weight excluding hydrogens is 162 g/mol. The van der Waals surface area contributed by atoms with E-state index in [0.29, 0.717) is 6.10 Å². The van der Waals surface area contributed by atoms with Crippen molar-refractivity contribution in [1.29, 1.82) is 0 Å². The van der Waals surface area contributed by atoms with Crippen LogP contribution in [0.1, 0.15) is 32.6 Å². The smallest absolute Gasteiger partial charge is 0.0644 e. The van der Waals surface area contributed by atoms with Crippen molar-refractivity contribution in [2.75, 3.05) is 19.7 Å². The zero-order chi connectivity index (χ0) is 9.10. The number of ether oxygens (including phenoxy) is 1. The van der Waals surface area contributed by atoms with E-state index in [1.54, 1.807) is 0 Å². The van der Waals surface area contributed by atoms with E-state index in [1.165, 1.54) is 32.2 Å². The van der Waals surface area contributed by atoms with Crippen LogP contribution in [0.25, 0.3) is 0 Å². The Morgan fingerprint density at radius 2 is 2.15 bits per heavy atom. The summed E-state index contributed by atoms with van der Waals surface area (Å²) in [6.07, 6.45) is 5.94. The van der Waals surface area contributed by atoms with Crippen molar-refractivity contribution >= 4 is 0 Å². The standard InChI is InChI=1S/C11H21NO/c1-2-6-12-8-10-5-7-13-11(10)9-3-4-9/h9-12H,2-8H2,1H3. The van der Waals surface area contributed by atoms with Crippen LogP contribution in [0.15, 0.2) is 0 Å². The number of nitrogens with one attached hydrogen (secondary N) is 1. The van der Waals surface area contributed by atoms with Crippen LogP contribution in [0.5, 0.6) is 0 Å². The Bertz CT molecular complexity index is 156. The minimum atomic E-state index is 0.601. The number of rotatable bonds is 5. The van der Waals surface area contributed by atoms with Gasteiger partial charge in [0.05, 0.1) is 6.10 Å². The lowest BCUT2D eigenvalue weighted by molar-refractivity contribution is 0.0728. The molecule has 1 aliphatic carbocycles. The van der Waals surface area contributed by atoms with Crippen LogP contribution in [0, 0.1) is 11.8 Å². The third-order valence-corrected chi connectivity index (χ3v) is 3.18. The highest BCUT2D eigenvalue weighted by Gasteiger charge is 2.39. The first-order valence-corrected chi connectivity index (χ1v) is 5.74. The summed E-state index contributed by atoms with van der Waals surface area (Å²) < 4.78 is 5.78. The molecule has 2 unspecified atom stereocenters. The molecule has 1 saturated heterocycles. The molecule has 2 heteroatoms. The fourth-order valence-electron chi connectivity index (χ4n) is 2.28. The van der Waals surface area contributed by atoms with Gasteiger partial charge in [-0.1, -0.05) is 6.92 Å². The Kier molecular flexibility index (Phi) is 3.23. The van der Waals surface area contributed by atoms with Gasteiger partial charge in [0.1, 0.15) is 0 Å². The van der Waals surface area contributed by atoms with Gasteiger partial charge < -0.3 is 10.1 Å². The summed E-state index contributed by atoms with van der Waals surface area (Å²) in [5, 5.41) is 3.51. The number of hydrogen-bond donors (Lipinski definition) is 1. The Morgan fingerprint density at radius 1 is 1.31 bits per heavy atom. The summed E-state index contributed by atoms with van der Waals surface area (Å²) in [7, 11) is 0. The molecule has 0 radical (unpaired) electrons. The summed E-state index contributed by atoms with van der Waals surface area (Å²) >= 11 is 0. The molecule has 0 spiro atoms. The van der Waals surface area contributed by atoms with Crippen LogP contribution < -0.4 is 5.32 Å². The highest BCUT2D eigenvalue weighted by atomic mass is 16.5. The summed E-state index contributed by atoms with van der Waals surface area (Å²) in [5.41, 5.74) is 0. The molecule has 0 bridgehead atoms. The molecule has 0 aromatic carbocycles. The van der Waals surface area contributed by atoms with E-state index in [1.807, 2.05) is 0 Å². The van der Waals surface area contributed by atoms with E-state index in [0.717, 1.165) is 25.0 Å². The second-order valence-corrected chi connectivity index (χ2v) is 4.43. The van der Waals surface area contributed by atoms with Crippen molar-refractivity contribution in [2.45, 2.75) is 38.7 Å². The first kappa shape index (κ1) is 9.47. The molecule has 13 heavy (non-hydrogen) atoms. The Morgan fingerprint density at radius 3 is 2.85 bits per heavy atom. The van der Waals surface area contributed by atoms with Crippen LogP contribution in [0.2, 0.25) is 0 Å². The highest BCUT2D eigenvalue weighted by Crippen LogP contribution is 2.41. The summed E-state index contributed by atoms with van der Waals surface area (Å²) in [6, 6.07) is 0. The molecule has 2 rings (SSSR count). The van der Waals surface area contributed by atoms with Crippen LogP contribution in [0.4, 0.5) is 0 Å². The van der Waals surface area contributed by atoms with E-state index in [9.17, 15) is 0 Å². The van der Waals surface area contributed by atoms with Crippen molar-refractivity contribution in [3.05, 3.63) is 0 Å². The highest BCUT2D eigenvalue weighted by molar-refractivity contribution is 4.90. The van der Waals surface area contributed by atoms with E-state index in [2.05, 4.69) is 12.2 Å². The third-order valence-electron chi connectivity index (χ3n) is 3.18. The van der Waals surface area contributed by atoms with Gasteiger partial charge in [0.15, 0.2) is 0 Å². The van der Waals surface area contributed by atoms with Gasteiger partial charge in [-0.3, -0.25) is 0 Å². The van der Waals surface area contributed by atoms with Crippen molar-refractivity contribution in [3.8, 4) is 0 Å². The van der Waals surface area contributed by atoms with Crippen molar-refractivity contribution in [1.82, 2.24) is 5.32 Å². The Hall–Kier alpha value is -0.0800. The Labute approximate surface area is 81.0 Å². The predicted octanol–water partition coefficient (Wildman–Crippen LogP) is 1.80. The van der Waals surface area contributed by atoms with E-state index in [4.69, 9.17) is 4.74 Å². The lowest BCUT2D eigenvalue weighted by atomic mass is 9.98. The lowest BCUT2D eigenvalue weighted by Crippen LogP contribution is -2.30. The van der Waals surface area contributed by atoms with Crippen LogP contribution in [-0.2, 0) is 4.74 Å². The van der Waals surface area contributed by atoms with Crippen molar-refractivity contribution < 1.29 is 4.74 Å². The van der Waals surface area contributed by atoms with Gasteiger partial charge in [-0.15, -0.1) is 0 Å². The normalized spacial score (nSPS) is 33.9. The van der Waals surface area contributed by atoms with Crippen molar-refractivity contribution in [3.63, 3.8) is 0 Å². The topological polar surface area (TPSA) is 21.3 Å². The number of hydrogen-bond acceptors (Lipinski definition) is 2. The summed E-state index contributed by atoms with van der Waals surface area (Å²) in [5.74, 6) is 1.72. The Balaban J connectivity index is 1.70. The molecule has 0 aromatic rings. The quantitative estimate of drug-likeness (QED) is 0.656. The van der Waals surface area contributed by atoms with Gasteiger partial charge in [-0.25, -0.2) is 0 Å². The molecule has 1 heterocycles. The monoisotopic (exact) mass is 183 g/mol. The molecule has 1 aliphatic heterocycles. The molecule has 76 valence electrons. The van der Waals surface area contributed by atoms with Gasteiger partial charge in [-0.05, 0) is 38.1 Å². The molecule has 0 amide bonds. The predicted molar refractivity (Wildman–Crippen MR) is 53.7 cm³/mol. The minimum Gasteiger partial charge on any atom is -0.378 e. The van der Waals surface area contributed by atoms with Gasteiger partial charge in [0, 0.05) is 19.1 Å². The minimum absolute atomic E-state index is 0.601. The maximum absolute atomic E-state index is 5.78. The second kappa shape index (κ2) is 4.43. The van der Waals surface area contributed by atoms with Crippen LogP contribution in [0.3, 0.4) is 0 Å². The van der Waals surface area contributed by atoms with Gasteiger partial charge in [0.2, 0.25) is 0 Å². The average molecular weight is 183 g/mol. The lowest BCUT2D eigenvalue weighted by Gasteiger charge is -2.18. The first-order chi connectivity index (χ1) is 6.42. The third kappa shape index (κ3) is 2.44. The zero-order valence-corrected chi connectivity index (χ0v) is 8.59. The van der Waals surface area contributed by atoms with Gasteiger partial charge >= 0.3 is 0 Å². The largest absolute Gasteiger partial charge is 0.378 e. The van der Waals surface area contributed by atoms with E-state index < -0.39 is 0 Å². The molecule has 2 nitrogen and oxygen atoms in total. The maximum Gasteiger partial charge on any atom is 0.0644 e. The first-order valence-electron chi connectivity index (χ1n) is 5.74. The summed E-state index contributed by atoms with van der Waals surface area (Å²) in [4.78, 5) is 0. The fourth-order valence-corrected chi connectivity index (χ4v) is 2.28. The average Bonchev–Trinajstić information content (AvgIpc) is 2.88.